The number of halogens is 1. The minimum Gasteiger partial charge on any atom is -0.481 e. The number of hydrogen-bond donors (Lipinski definition) is 12. The van der Waals surface area contributed by atoms with Crippen molar-refractivity contribution in [3.05, 3.63) is 85.1 Å². The summed E-state index contributed by atoms with van der Waals surface area (Å²) in [6.45, 7) is 6.65. The van der Waals surface area contributed by atoms with Crippen molar-refractivity contribution in [2.45, 2.75) is 176 Å². The topological polar surface area (TPSA) is 320 Å². The highest BCUT2D eigenvalue weighted by Gasteiger charge is 2.57. The molecule has 374 valence electrons. The summed E-state index contributed by atoms with van der Waals surface area (Å²) in [6, 6.07) is -1.20. The third-order valence-corrected chi connectivity index (χ3v) is 12.1. The van der Waals surface area contributed by atoms with Gasteiger partial charge in [-0.3, -0.25) is 9.59 Å². The van der Waals surface area contributed by atoms with E-state index in [1.165, 1.54) is 19.1 Å². The fraction of sp³-hybridized carbons (Fsp3) is 0.660. The van der Waals surface area contributed by atoms with Crippen molar-refractivity contribution in [1.29, 1.82) is 0 Å². The summed E-state index contributed by atoms with van der Waals surface area (Å²) in [5.74, 6) is -8.24. The zero-order valence-electron chi connectivity index (χ0n) is 37.8. The summed E-state index contributed by atoms with van der Waals surface area (Å²) < 4.78 is 38.5. The second-order valence-electron chi connectivity index (χ2n) is 17.6. The second kappa shape index (κ2) is 27.5. The highest BCUT2D eigenvalue weighted by atomic mass is 19.1. The van der Waals surface area contributed by atoms with Crippen molar-refractivity contribution < 1.29 is 89.1 Å². The Labute approximate surface area is 385 Å². The summed E-state index contributed by atoms with van der Waals surface area (Å²) in [4.78, 5) is 25.1. The summed E-state index contributed by atoms with van der Waals surface area (Å²) in [6.07, 6.45) is -2.09. The Balaban J connectivity index is 1.89. The van der Waals surface area contributed by atoms with Crippen LogP contribution >= 0.6 is 0 Å². The average molecular weight is 942 g/mol. The first-order valence-corrected chi connectivity index (χ1v) is 22.4. The Morgan fingerprint density at radius 1 is 0.697 bits per heavy atom. The van der Waals surface area contributed by atoms with Crippen LogP contribution in [0.3, 0.4) is 0 Å². The standard InChI is InChI=1S/C47H72FNO17/c1-26-17-15-13-11-9-7-5-6-8-10-12-14-16-18-33(65-46-43(59)39(49)41(57)29(4)64-46)24-36-38(45(60)61)42(58)44(48)47(62,66-36)25-32(52)22-35(54)34(53)20-19-30(50)21-31(51)23-37(55)63-28(3)27(2)40(26)56/h5-18,26-36,38-44,46,50-54,56-59,62H,19-25,49H2,1-4H3,(H,60,61)/t26-,27-,28-,29+,30+,31+,32-,33-,34+,35+,36-,38-,39-,40+,41+,42+,43-,44?,46-,47+/m0/s1. The molecule has 13 N–H and O–H groups in total. The molecule has 0 aromatic carbocycles. The van der Waals surface area contributed by atoms with E-state index in [0.29, 0.717) is 0 Å². The molecule has 3 rings (SSSR count). The van der Waals surface area contributed by atoms with Crippen LogP contribution in [0.15, 0.2) is 85.1 Å². The monoisotopic (exact) mass is 941 g/mol. The van der Waals surface area contributed by atoms with E-state index in [2.05, 4.69) is 0 Å². The molecule has 18 nitrogen and oxygen atoms in total. The third kappa shape index (κ3) is 17.5. The summed E-state index contributed by atoms with van der Waals surface area (Å²) in [7, 11) is 0. The van der Waals surface area contributed by atoms with Gasteiger partial charge in [-0.1, -0.05) is 98.9 Å². The summed E-state index contributed by atoms with van der Waals surface area (Å²) in [5, 5.41) is 118. The van der Waals surface area contributed by atoms with E-state index in [0.717, 1.165) is 0 Å². The van der Waals surface area contributed by atoms with E-state index < -0.39 is 153 Å². The van der Waals surface area contributed by atoms with Crippen molar-refractivity contribution in [3.63, 3.8) is 0 Å². The van der Waals surface area contributed by atoms with Crippen molar-refractivity contribution in [2.75, 3.05) is 0 Å². The number of aliphatic carboxylic acids is 1. The molecular formula is C47H72FNO17. The van der Waals surface area contributed by atoms with Gasteiger partial charge in [-0.15, -0.1) is 0 Å². The number of nitrogens with two attached hydrogens (primary N) is 1. The maximum atomic E-state index is 15.8. The van der Waals surface area contributed by atoms with Gasteiger partial charge in [0.05, 0.1) is 73.5 Å². The molecule has 0 spiro atoms. The molecule has 0 radical (unpaired) electrons. The molecule has 0 amide bonds. The van der Waals surface area contributed by atoms with Crippen LogP contribution in [0.25, 0.3) is 0 Å². The lowest BCUT2D eigenvalue weighted by atomic mass is 9.81. The highest BCUT2D eigenvalue weighted by Crippen LogP contribution is 2.40. The molecule has 0 aromatic rings. The third-order valence-electron chi connectivity index (χ3n) is 12.1. The number of carbonyl (C=O) groups is 2. The van der Waals surface area contributed by atoms with Crippen LogP contribution in [0.5, 0.6) is 0 Å². The molecule has 66 heavy (non-hydrogen) atoms. The van der Waals surface area contributed by atoms with Crippen molar-refractivity contribution >= 4 is 11.9 Å². The van der Waals surface area contributed by atoms with Gasteiger partial charge in [-0.05, 0) is 33.1 Å². The fourth-order valence-electron chi connectivity index (χ4n) is 7.91. The largest absolute Gasteiger partial charge is 0.481 e. The lowest BCUT2D eigenvalue weighted by Crippen LogP contribution is -2.64. The number of cyclic esters (lactones) is 1. The quantitative estimate of drug-likeness (QED) is 0.173. The van der Waals surface area contributed by atoms with Crippen LogP contribution in [-0.2, 0) is 28.5 Å². The molecular weight excluding hydrogens is 870 g/mol. The molecule has 19 heteroatoms. The van der Waals surface area contributed by atoms with Gasteiger partial charge in [-0.2, -0.15) is 0 Å². The first-order valence-electron chi connectivity index (χ1n) is 22.4. The number of rotatable bonds is 3. The van der Waals surface area contributed by atoms with E-state index in [4.69, 9.17) is 24.7 Å². The molecule has 2 saturated heterocycles. The van der Waals surface area contributed by atoms with Crippen molar-refractivity contribution in [3.8, 4) is 0 Å². The van der Waals surface area contributed by atoms with Gasteiger partial charge in [0.15, 0.2) is 12.5 Å². The number of aliphatic hydroxyl groups is 10. The number of allylic oxidation sites excluding steroid dienone is 12. The molecule has 0 saturated carbocycles. The lowest BCUT2D eigenvalue weighted by molar-refractivity contribution is -0.334. The van der Waals surface area contributed by atoms with Gasteiger partial charge in [0.25, 0.3) is 0 Å². The molecule has 0 aliphatic carbocycles. The van der Waals surface area contributed by atoms with Crippen LogP contribution < -0.4 is 5.73 Å². The van der Waals surface area contributed by atoms with E-state index in [1.54, 1.807) is 86.8 Å². The van der Waals surface area contributed by atoms with Gasteiger partial charge in [0, 0.05) is 31.1 Å². The number of ether oxygens (including phenoxy) is 4. The zero-order chi connectivity index (χ0) is 49.3. The number of esters is 1. The Morgan fingerprint density at radius 2 is 1.26 bits per heavy atom. The molecule has 3 heterocycles. The number of alkyl halides is 1. The minimum absolute atomic E-state index is 0.170. The Morgan fingerprint density at radius 3 is 1.83 bits per heavy atom. The summed E-state index contributed by atoms with van der Waals surface area (Å²) >= 11 is 0. The van der Waals surface area contributed by atoms with Crippen LogP contribution in [0, 0.1) is 17.8 Å². The number of carbonyl (C=O) groups excluding carboxylic acids is 1. The van der Waals surface area contributed by atoms with Crippen LogP contribution in [0.4, 0.5) is 4.39 Å². The lowest BCUT2D eigenvalue weighted by Gasteiger charge is -2.47. The first-order chi connectivity index (χ1) is 31.1. The van der Waals surface area contributed by atoms with Crippen LogP contribution in [-0.4, -0.2) is 172 Å². The maximum absolute atomic E-state index is 15.8. The van der Waals surface area contributed by atoms with Gasteiger partial charge >= 0.3 is 11.9 Å². The normalized spacial score (nSPS) is 42.7. The molecule has 2 bridgehead atoms. The summed E-state index contributed by atoms with van der Waals surface area (Å²) in [5.41, 5.74) is 5.99. The second-order valence-corrected chi connectivity index (χ2v) is 17.6. The number of carboxylic acid groups (broad SMARTS) is 1. The predicted octanol–water partition coefficient (Wildman–Crippen LogP) is 0.660. The van der Waals surface area contributed by atoms with Gasteiger partial charge in [0.2, 0.25) is 5.79 Å². The van der Waals surface area contributed by atoms with Crippen LogP contribution in [0.2, 0.25) is 0 Å². The SMILES string of the molecule is C[C@@H]1[C@H](O)[C@@H](C)C=CC=CC=CC=CC=CC=CC=C[C@H](O[C@@H]2O[C@H](C)[C@@H](O)[C@H](N)[C@@H]2O)C[C@@H]2O[C@](O)(C[C@@H](O)C[C@@H](O)[C@H](O)CC[C@@H](O)C[C@@H](O)CC(=O)O[C@H]1C)C(F)[C@H](O)[C@H]2C(=O)O. The minimum atomic E-state index is -3.03. The predicted molar refractivity (Wildman–Crippen MR) is 237 cm³/mol. The number of carboxylic acids is 1. The van der Waals surface area contributed by atoms with Gasteiger partial charge < -0.3 is 80.9 Å². The van der Waals surface area contributed by atoms with E-state index in [1.807, 2.05) is 6.92 Å². The molecule has 3 aliphatic rings. The van der Waals surface area contributed by atoms with E-state index in [9.17, 15) is 65.8 Å². The molecule has 3 aliphatic heterocycles. The Kier molecular flexibility index (Phi) is 23.7. The Bertz CT molecular complexity index is 1710. The zero-order valence-corrected chi connectivity index (χ0v) is 37.8. The number of aliphatic hydroxyl groups excluding tert-OH is 9. The molecule has 1 unspecified atom stereocenters. The number of hydrogen-bond acceptors (Lipinski definition) is 17. The maximum Gasteiger partial charge on any atom is 0.311 e. The van der Waals surface area contributed by atoms with Crippen LogP contribution in [0.1, 0.15) is 72.6 Å². The van der Waals surface area contributed by atoms with Gasteiger partial charge in [-0.25, -0.2) is 4.39 Å². The fourth-order valence-corrected chi connectivity index (χ4v) is 7.91. The first kappa shape index (κ1) is 56.8. The average Bonchev–Trinajstić information content (AvgIpc) is 3.24. The molecule has 2 fully saturated rings. The van der Waals surface area contributed by atoms with Gasteiger partial charge in [0.1, 0.15) is 24.2 Å². The number of fused-ring (bicyclic) bond motifs is 2. The van der Waals surface area contributed by atoms with Crippen molar-refractivity contribution in [1.82, 2.24) is 0 Å². The Hall–Kier alpha value is -3.51. The smallest absolute Gasteiger partial charge is 0.311 e. The molecule has 20 atom stereocenters. The van der Waals surface area contributed by atoms with E-state index in [-0.39, 0.29) is 25.2 Å². The van der Waals surface area contributed by atoms with Crippen molar-refractivity contribution in [2.24, 2.45) is 23.5 Å². The van der Waals surface area contributed by atoms with E-state index >= 15 is 4.39 Å². The molecule has 0 aromatic heterocycles. The highest BCUT2D eigenvalue weighted by molar-refractivity contribution is 5.72.